The molecule has 0 unspecified atom stereocenters. The monoisotopic (exact) mass is 564 g/mol. The molecule has 6 aromatic rings. The smallest absolute Gasteiger partial charge is 0.237 e. The van der Waals surface area contributed by atoms with Crippen molar-refractivity contribution in [3.8, 4) is 50.6 Å². The van der Waals surface area contributed by atoms with E-state index in [4.69, 9.17) is 0 Å². The van der Waals surface area contributed by atoms with E-state index >= 15 is 0 Å². The number of hydrogen-bond donors (Lipinski definition) is 0. The van der Waals surface area contributed by atoms with Crippen molar-refractivity contribution >= 4 is 33.8 Å². The lowest BCUT2D eigenvalue weighted by molar-refractivity contribution is -0.664. The molecule has 2 aromatic heterocycles. The van der Waals surface area contributed by atoms with Crippen molar-refractivity contribution < 1.29 is 4.57 Å². The normalized spacial score (nSPS) is 11.9. The summed E-state index contributed by atoms with van der Waals surface area (Å²) >= 11 is 2.39. The standard InChI is InChI=1S/C31H23IN3/c1-20-10-9-17-27-28-25-15-7-5-13-23(25)21-11-3-4-12-22(21)24-14-6-8-16-26(24)30(28)35(29(20)27)31-33(2)18-19-34(31)32/h3-19H,1-2H3/q+1. The molecule has 0 bridgehead atoms. The minimum Gasteiger partial charge on any atom is -0.237 e. The van der Waals surface area contributed by atoms with Gasteiger partial charge in [-0.15, -0.1) is 0 Å². The number of hydrogen-bond acceptors (Lipinski definition) is 0. The van der Waals surface area contributed by atoms with Gasteiger partial charge in [-0.1, -0.05) is 91.0 Å². The van der Waals surface area contributed by atoms with Crippen molar-refractivity contribution in [2.24, 2.45) is 7.05 Å². The van der Waals surface area contributed by atoms with Crippen molar-refractivity contribution in [2.75, 3.05) is 0 Å². The van der Waals surface area contributed by atoms with Crippen LogP contribution < -0.4 is 4.57 Å². The van der Waals surface area contributed by atoms with Crippen LogP contribution in [0.2, 0.25) is 0 Å². The van der Waals surface area contributed by atoms with E-state index in [1.807, 2.05) is 0 Å². The lowest BCUT2D eigenvalue weighted by Gasteiger charge is -2.21. The van der Waals surface area contributed by atoms with Crippen LogP contribution in [0.1, 0.15) is 5.56 Å². The van der Waals surface area contributed by atoms with Crippen LogP contribution in [0, 0.1) is 6.92 Å². The maximum absolute atomic E-state index is 2.47. The SMILES string of the molecule is Cc1cccc2c3c(n(-c4n(I)cc[n+]4C)c12)-c1ccccc1-c1ccccc1-c1ccccc1-3. The van der Waals surface area contributed by atoms with Crippen molar-refractivity contribution in [2.45, 2.75) is 6.92 Å². The molecule has 7 rings (SSSR count). The van der Waals surface area contributed by atoms with E-state index in [1.54, 1.807) is 0 Å². The van der Waals surface area contributed by atoms with Gasteiger partial charge in [0.05, 0.1) is 13.2 Å². The summed E-state index contributed by atoms with van der Waals surface area (Å²) in [6, 6.07) is 33.3. The van der Waals surface area contributed by atoms with Gasteiger partial charge in [0.1, 0.15) is 17.4 Å². The first-order valence-electron chi connectivity index (χ1n) is 11.8. The predicted molar refractivity (Wildman–Crippen MR) is 152 cm³/mol. The van der Waals surface area contributed by atoms with E-state index in [-0.39, 0.29) is 0 Å². The number of halogens is 1. The van der Waals surface area contributed by atoms with E-state index in [2.05, 4.69) is 152 Å². The van der Waals surface area contributed by atoms with Crippen LogP contribution in [0.5, 0.6) is 0 Å². The van der Waals surface area contributed by atoms with Gasteiger partial charge in [-0.2, -0.15) is 7.35 Å². The van der Waals surface area contributed by atoms with Crippen molar-refractivity contribution in [1.82, 2.24) is 7.35 Å². The second-order valence-corrected chi connectivity index (χ2v) is 10.2. The summed E-state index contributed by atoms with van der Waals surface area (Å²) in [5, 5.41) is 1.28. The van der Waals surface area contributed by atoms with E-state index in [1.165, 1.54) is 61.1 Å². The van der Waals surface area contributed by atoms with Gasteiger partial charge in [0.25, 0.3) is 0 Å². The topological polar surface area (TPSA) is 13.7 Å². The van der Waals surface area contributed by atoms with Crippen LogP contribution >= 0.6 is 22.9 Å². The Balaban J connectivity index is 1.80. The summed E-state index contributed by atoms with van der Waals surface area (Å²) in [5.41, 5.74) is 12.6. The summed E-state index contributed by atoms with van der Waals surface area (Å²) in [6.07, 6.45) is 4.24. The molecule has 2 heterocycles. The average Bonchev–Trinajstić information content (AvgIpc) is 3.39. The largest absolute Gasteiger partial charge is 0.378 e. The minimum absolute atomic E-state index is 1.12. The molecule has 0 amide bonds. The summed E-state index contributed by atoms with van der Waals surface area (Å²) in [5.74, 6) is 1.12. The van der Waals surface area contributed by atoms with E-state index in [9.17, 15) is 0 Å². The van der Waals surface area contributed by atoms with Gasteiger partial charge in [-0.3, -0.25) is 0 Å². The highest BCUT2D eigenvalue weighted by molar-refractivity contribution is 14.1. The van der Waals surface area contributed by atoms with E-state index in [0.717, 1.165) is 5.95 Å². The number of para-hydroxylation sites is 1. The fourth-order valence-corrected chi connectivity index (χ4v) is 6.45. The van der Waals surface area contributed by atoms with Gasteiger partial charge >= 0.3 is 5.95 Å². The molecule has 3 nitrogen and oxygen atoms in total. The third-order valence-corrected chi connectivity index (χ3v) is 7.96. The van der Waals surface area contributed by atoms with Gasteiger partial charge in [0.15, 0.2) is 22.9 Å². The first-order chi connectivity index (χ1) is 17.1. The molecule has 0 N–H and O–H groups in total. The molecule has 1 aliphatic rings. The zero-order valence-corrected chi connectivity index (χ0v) is 21.7. The van der Waals surface area contributed by atoms with Crippen molar-refractivity contribution in [3.63, 3.8) is 0 Å². The molecule has 0 radical (unpaired) electrons. The summed E-state index contributed by atoms with van der Waals surface area (Å²) in [7, 11) is 2.12. The molecular formula is C31H23IN3+. The number of aromatic nitrogens is 3. The highest BCUT2D eigenvalue weighted by Crippen LogP contribution is 2.51. The first kappa shape index (κ1) is 20.7. The number of aryl methyl sites for hydroxylation is 2. The van der Waals surface area contributed by atoms with Crippen LogP contribution in [-0.2, 0) is 7.05 Å². The fourth-order valence-electron chi connectivity index (χ4n) is 5.75. The zero-order valence-electron chi connectivity index (χ0n) is 19.5. The third kappa shape index (κ3) is 2.86. The van der Waals surface area contributed by atoms with E-state index < -0.39 is 0 Å². The molecule has 0 fully saturated rings. The number of benzene rings is 4. The Labute approximate surface area is 218 Å². The van der Waals surface area contributed by atoms with Gasteiger partial charge in [0.2, 0.25) is 0 Å². The van der Waals surface area contributed by atoms with Crippen LogP contribution in [0.3, 0.4) is 0 Å². The number of rotatable bonds is 1. The minimum atomic E-state index is 1.12. The molecule has 0 saturated carbocycles. The quantitative estimate of drug-likeness (QED) is 0.143. The van der Waals surface area contributed by atoms with Gasteiger partial charge in [0, 0.05) is 16.5 Å². The van der Waals surface area contributed by atoms with Gasteiger partial charge < -0.3 is 0 Å². The second kappa shape index (κ2) is 7.68. The maximum Gasteiger partial charge on any atom is 0.378 e. The Bertz CT molecular complexity index is 1770. The second-order valence-electron chi connectivity index (χ2n) is 9.19. The van der Waals surface area contributed by atoms with Gasteiger partial charge in [-0.25, -0.2) is 4.57 Å². The molecule has 1 aliphatic carbocycles. The van der Waals surface area contributed by atoms with Gasteiger partial charge in [-0.05, 0) is 40.3 Å². The summed E-state index contributed by atoms with van der Waals surface area (Å²) < 4.78 is 6.86. The number of imidazole rings is 1. The molecule has 4 aromatic carbocycles. The zero-order chi connectivity index (χ0) is 23.7. The Kier molecular flexibility index (Phi) is 4.55. The average molecular weight is 564 g/mol. The Morgan fingerprint density at radius 2 is 1.20 bits per heavy atom. The highest BCUT2D eigenvalue weighted by atomic mass is 127. The molecular weight excluding hydrogens is 541 g/mol. The fraction of sp³-hybridized carbons (Fsp3) is 0.0645. The van der Waals surface area contributed by atoms with Crippen molar-refractivity contribution in [1.29, 1.82) is 0 Å². The summed E-state index contributed by atoms with van der Waals surface area (Å²) in [6.45, 7) is 2.22. The van der Waals surface area contributed by atoms with Crippen LogP contribution in [0.25, 0.3) is 61.5 Å². The molecule has 168 valence electrons. The van der Waals surface area contributed by atoms with E-state index in [0.29, 0.717) is 0 Å². The third-order valence-electron chi connectivity index (χ3n) is 7.20. The Morgan fingerprint density at radius 3 is 1.80 bits per heavy atom. The molecule has 35 heavy (non-hydrogen) atoms. The van der Waals surface area contributed by atoms with Crippen LogP contribution in [-0.4, -0.2) is 7.35 Å². The number of fused-ring (bicyclic) bond motifs is 10. The van der Waals surface area contributed by atoms with Crippen LogP contribution in [0.15, 0.2) is 103 Å². The molecule has 4 heteroatoms. The highest BCUT2D eigenvalue weighted by Gasteiger charge is 2.33. The lowest BCUT2D eigenvalue weighted by atomic mass is 9.82. The molecule has 0 aliphatic heterocycles. The maximum atomic E-state index is 2.47. The first-order valence-corrected chi connectivity index (χ1v) is 12.8. The Morgan fingerprint density at radius 1 is 0.657 bits per heavy atom. The van der Waals surface area contributed by atoms with Crippen molar-refractivity contribution in [3.05, 3.63) is 109 Å². The Hall–Kier alpha value is -3.64. The molecule has 0 atom stereocenters. The summed E-state index contributed by atoms with van der Waals surface area (Å²) in [4.78, 5) is 0. The lowest BCUT2D eigenvalue weighted by Crippen LogP contribution is -2.32. The predicted octanol–water partition coefficient (Wildman–Crippen LogP) is 7.74. The van der Waals surface area contributed by atoms with Crippen LogP contribution in [0.4, 0.5) is 0 Å². The molecule has 0 saturated heterocycles. The number of nitrogens with zero attached hydrogens (tertiary/aromatic N) is 3. The molecule has 0 spiro atoms.